The molecule has 0 saturated carbocycles. The SMILES string of the molecule is O=C(c1ccccc1)c1ccc2c(c1)N(CCCCCl)c1ccccc1S2. The number of carbonyl (C=O) groups is 1. The highest BCUT2D eigenvalue weighted by atomic mass is 35.5. The lowest BCUT2D eigenvalue weighted by molar-refractivity contribution is 0.103. The van der Waals surface area contributed by atoms with Crippen LogP contribution in [0.3, 0.4) is 0 Å². The summed E-state index contributed by atoms with van der Waals surface area (Å²) in [6.45, 7) is 0.889. The van der Waals surface area contributed by atoms with Gasteiger partial charge in [-0.05, 0) is 43.2 Å². The summed E-state index contributed by atoms with van der Waals surface area (Å²) in [5, 5.41) is 0. The van der Waals surface area contributed by atoms with Crippen molar-refractivity contribution in [3.8, 4) is 0 Å². The Balaban J connectivity index is 1.72. The van der Waals surface area contributed by atoms with Crippen molar-refractivity contribution in [1.29, 1.82) is 0 Å². The largest absolute Gasteiger partial charge is 0.340 e. The molecule has 0 radical (unpaired) electrons. The van der Waals surface area contributed by atoms with Gasteiger partial charge in [-0.25, -0.2) is 0 Å². The maximum Gasteiger partial charge on any atom is 0.193 e. The average molecular weight is 394 g/mol. The molecule has 0 amide bonds. The van der Waals surface area contributed by atoms with Crippen molar-refractivity contribution in [2.75, 3.05) is 17.3 Å². The van der Waals surface area contributed by atoms with E-state index < -0.39 is 0 Å². The molecule has 136 valence electrons. The predicted molar refractivity (Wildman–Crippen MR) is 114 cm³/mol. The first-order chi connectivity index (χ1) is 13.3. The molecular formula is C23H20ClNOS. The smallest absolute Gasteiger partial charge is 0.193 e. The number of alkyl halides is 1. The fourth-order valence-corrected chi connectivity index (χ4v) is 4.60. The second-order valence-corrected chi connectivity index (χ2v) is 7.96. The molecule has 0 saturated heterocycles. The topological polar surface area (TPSA) is 20.3 Å². The molecule has 0 N–H and O–H groups in total. The van der Waals surface area contributed by atoms with Crippen LogP contribution in [0, 0.1) is 0 Å². The lowest BCUT2D eigenvalue weighted by Crippen LogP contribution is -2.22. The average Bonchev–Trinajstić information content (AvgIpc) is 2.73. The minimum Gasteiger partial charge on any atom is -0.340 e. The van der Waals surface area contributed by atoms with Crippen LogP contribution in [0.5, 0.6) is 0 Å². The van der Waals surface area contributed by atoms with E-state index >= 15 is 0 Å². The van der Waals surface area contributed by atoms with Gasteiger partial charge in [0.2, 0.25) is 0 Å². The fraction of sp³-hybridized carbons (Fsp3) is 0.174. The highest BCUT2D eigenvalue weighted by Gasteiger charge is 2.24. The van der Waals surface area contributed by atoms with Crippen molar-refractivity contribution >= 4 is 40.5 Å². The third-order valence-corrected chi connectivity index (χ3v) is 6.09. The maximum absolute atomic E-state index is 12.9. The number of benzene rings is 3. The van der Waals surface area contributed by atoms with Gasteiger partial charge in [-0.3, -0.25) is 4.79 Å². The first-order valence-electron chi connectivity index (χ1n) is 9.12. The van der Waals surface area contributed by atoms with Gasteiger partial charge in [0.25, 0.3) is 0 Å². The standard InChI is InChI=1S/C23H20ClNOS/c24-14-6-7-15-25-19-10-4-5-11-21(19)27-22-13-12-18(16-20(22)25)23(26)17-8-2-1-3-9-17/h1-5,8-13,16H,6-7,14-15H2. The van der Waals surface area contributed by atoms with Crippen LogP contribution in [-0.2, 0) is 0 Å². The third-order valence-electron chi connectivity index (χ3n) is 4.69. The number of carbonyl (C=O) groups excluding carboxylic acids is 1. The Bertz CT molecular complexity index is 958. The summed E-state index contributed by atoms with van der Waals surface area (Å²) in [6, 6.07) is 23.9. The highest BCUT2D eigenvalue weighted by Crippen LogP contribution is 2.48. The van der Waals surface area contributed by atoms with E-state index in [1.807, 2.05) is 42.5 Å². The van der Waals surface area contributed by atoms with E-state index in [9.17, 15) is 4.79 Å². The number of fused-ring (bicyclic) bond motifs is 2. The molecule has 27 heavy (non-hydrogen) atoms. The Kier molecular flexibility index (Phi) is 5.51. The van der Waals surface area contributed by atoms with E-state index in [0.29, 0.717) is 5.88 Å². The summed E-state index contributed by atoms with van der Waals surface area (Å²) in [4.78, 5) is 17.7. The Labute approximate surface area is 169 Å². The minimum atomic E-state index is 0.0583. The highest BCUT2D eigenvalue weighted by molar-refractivity contribution is 7.99. The first kappa shape index (κ1) is 18.1. The number of anilines is 2. The van der Waals surface area contributed by atoms with Crippen LogP contribution in [0.1, 0.15) is 28.8 Å². The molecule has 0 aromatic heterocycles. The lowest BCUT2D eigenvalue weighted by Gasteiger charge is -2.33. The van der Waals surface area contributed by atoms with Gasteiger partial charge in [-0.15, -0.1) is 11.6 Å². The number of hydrogen-bond acceptors (Lipinski definition) is 3. The van der Waals surface area contributed by atoms with Crippen LogP contribution < -0.4 is 4.90 Å². The van der Waals surface area contributed by atoms with Gasteiger partial charge in [-0.2, -0.15) is 0 Å². The summed E-state index contributed by atoms with van der Waals surface area (Å²) in [5.41, 5.74) is 3.75. The Morgan fingerprint density at radius 3 is 2.37 bits per heavy atom. The Morgan fingerprint density at radius 1 is 0.815 bits per heavy atom. The summed E-state index contributed by atoms with van der Waals surface area (Å²) in [6.07, 6.45) is 1.99. The summed E-state index contributed by atoms with van der Waals surface area (Å²) >= 11 is 7.65. The fourth-order valence-electron chi connectivity index (χ4n) is 3.33. The molecule has 4 heteroatoms. The molecule has 2 nitrogen and oxygen atoms in total. The van der Waals surface area contributed by atoms with Gasteiger partial charge in [-0.1, -0.05) is 54.2 Å². The van der Waals surface area contributed by atoms with E-state index in [4.69, 9.17) is 11.6 Å². The van der Waals surface area contributed by atoms with E-state index in [1.165, 1.54) is 15.5 Å². The zero-order valence-corrected chi connectivity index (χ0v) is 16.5. The molecule has 3 aromatic rings. The van der Waals surface area contributed by atoms with Crippen LogP contribution in [0.15, 0.2) is 82.6 Å². The number of para-hydroxylation sites is 1. The minimum absolute atomic E-state index is 0.0583. The lowest BCUT2D eigenvalue weighted by atomic mass is 10.0. The molecule has 0 fully saturated rings. The van der Waals surface area contributed by atoms with Crippen molar-refractivity contribution < 1.29 is 4.79 Å². The van der Waals surface area contributed by atoms with E-state index in [0.717, 1.165) is 36.2 Å². The predicted octanol–water partition coefficient (Wildman–Crippen LogP) is 6.54. The van der Waals surface area contributed by atoms with Crippen LogP contribution in [0.25, 0.3) is 0 Å². The second kappa shape index (κ2) is 8.20. The molecule has 0 unspecified atom stereocenters. The van der Waals surface area contributed by atoms with Crippen LogP contribution in [-0.4, -0.2) is 18.2 Å². The van der Waals surface area contributed by atoms with Crippen molar-refractivity contribution in [2.24, 2.45) is 0 Å². The Hall–Kier alpha value is -2.23. The number of hydrogen-bond donors (Lipinski definition) is 0. The van der Waals surface area contributed by atoms with E-state index in [2.05, 4.69) is 35.2 Å². The van der Waals surface area contributed by atoms with Crippen LogP contribution >= 0.6 is 23.4 Å². The molecule has 0 bridgehead atoms. The van der Waals surface area contributed by atoms with Crippen molar-refractivity contribution in [3.63, 3.8) is 0 Å². The molecular weight excluding hydrogens is 374 g/mol. The number of unbranched alkanes of at least 4 members (excludes halogenated alkanes) is 1. The van der Waals surface area contributed by atoms with E-state index in [1.54, 1.807) is 11.8 Å². The Morgan fingerprint density at radius 2 is 1.56 bits per heavy atom. The van der Waals surface area contributed by atoms with Crippen molar-refractivity contribution in [2.45, 2.75) is 22.6 Å². The van der Waals surface area contributed by atoms with Crippen molar-refractivity contribution in [3.05, 3.63) is 83.9 Å². The number of ketones is 1. The zero-order valence-electron chi connectivity index (χ0n) is 14.9. The van der Waals surface area contributed by atoms with Gasteiger partial charge in [0.05, 0.1) is 11.4 Å². The molecule has 1 heterocycles. The molecule has 1 aliphatic heterocycles. The maximum atomic E-state index is 12.9. The molecule has 1 aliphatic rings. The number of halogens is 1. The number of rotatable bonds is 6. The van der Waals surface area contributed by atoms with Crippen LogP contribution in [0.4, 0.5) is 11.4 Å². The molecule has 0 aliphatic carbocycles. The van der Waals surface area contributed by atoms with E-state index in [-0.39, 0.29) is 5.78 Å². The van der Waals surface area contributed by atoms with Gasteiger partial charge in [0.15, 0.2) is 5.78 Å². The van der Waals surface area contributed by atoms with Gasteiger partial charge < -0.3 is 4.90 Å². The zero-order chi connectivity index (χ0) is 18.6. The third kappa shape index (κ3) is 3.76. The molecule has 0 atom stereocenters. The normalized spacial score (nSPS) is 12.4. The molecule has 0 spiro atoms. The van der Waals surface area contributed by atoms with Crippen molar-refractivity contribution in [1.82, 2.24) is 0 Å². The summed E-state index contributed by atoms with van der Waals surface area (Å²) in [7, 11) is 0. The van der Waals surface area contributed by atoms with Gasteiger partial charge >= 0.3 is 0 Å². The first-order valence-corrected chi connectivity index (χ1v) is 10.5. The second-order valence-electron chi connectivity index (χ2n) is 6.50. The van der Waals surface area contributed by atoms with Gasteiger partial charge in [0.1, 0.15) is 0 Å². The van der Waals surface area contributed by atoms with Gasteiger partial charge in [0, 0.05) is 33.3 Å². The van der Waals surface area contributed by atoms with Crippen LogP contribution in [0.2, 0.25) is 0 Å². The molecule has 4 rings (SSSR count). The molecule has 3 aromatic carbocycles. The number of nitrogens with zero attached hydrogens (tertiary/aromatic N) is 1. The quantitative estimate of drug-likeness (QED) is 0.269. The summed E-state index contributed by atoms with van der Waals surface area (Å²) in [5.74, 6) is 0.729. The summed E-state index contributed by atoms with van der Waals surface area (Å²) < 4.78 is 0. The monoisotopic (exact) mass is 393 g/mol.